The number of rotatable bonds is 3. The zero-order valence-corrected chi connectivity index (χ0v) is 12.8. The lowest BCUT2D eigenvalue weighted by Gasteiger charge is -2.23. The van der Waals surface area contributed by atoms with Gasteiger partial charge in [0.2, 0.25) is 11.2 Å². The average Bonchev–Trinajstić information content (AvgIpc) is 2.96. The third kappa shape index (κ3) is 3.13. The first-order valence-corrected chi connectivity index (χ1v) is 8.45. The lowest BCUT2D eigenvalue weighted by molar-refractivity contribution is 0.568. The molecule has 2 aromatic rings. The van der Waals surface area contributed by atoms with Crippen LogP contribution < -0.4 is 5.32 Å². The summed E-state index contributed by atoms with van der Waals surface area (Å²) in [5.41, 5.74) is -0.606. The van der Waals surface area contributed by atoms with Crippen LogP contribution in [0.4, 0.5) is 5.95 Å². The van der Waals surface area contributed by atoms with Crippen molar-refractivity contribution in [3.63, 3.8) is 0 Å². The number of hydrogen-bond acceptors (Lipinski definition) is 7. The van der Waals surface area contributed by atoms with Gasteiger partial charge in [-0.25, -0.2) is 13.1 Å². The van der Waals surface area contributed by atoms with E-state index in [-0.39, 0.29) is 28.7 Å². The quantitative estimate of drug-likeness (QED) is 0.884. The lowest BCUT2D eigenvalue weighted by Crippen LogP contribution is -2.36. The van der Waals surface area contributed by atoms with E-state index in [9.17, 15) is 8.42 Å². The molecule has 0 saturated carbocycles. The summed E-state index contributed by atoms with van der Waals surface area (Å²) in [5.74, 6) is 0.703. The molecule has 1 N–H and O–H groups in total. The molecule has 1 unspecified atom stereocenters. The van der Waals surface area contributed by atoms with Crippen molar-refractivity contribution in [2.24, 2.45) is 0 Å². The third-order valence-corrected chi connectivity index (χ3v) is 5.29. The van der Waals surface area contributed by atoms with Gasteiger partial charge in [-0.05, 0) is 31.0 Å². The fourth-order valence-electron chi connectivity index (χ4n) is 2.26. The molecule has 3 rings (SSSR count). The predicted molar refractivity (Wildman–Crippen MR) is 77.3 cm³/mol. The highest BCUT2D eigenvalue weighted by molar-refractivity contribution is 7.91. The van der Waals surface area contributed by atoms with Crippen molar-refractivity contribution in [2.75, 3.05) is 16.8 Å². The highest BCUT2D eigenvalue weighted by atomic mass is 35.5. The Bertz CT molecular complexity index is 763. The van der Waals surface area contributed by atoms with Crippen molar-refractivity contribution >= 4 is 27.4 Å². The Morgan fingerprint density at radius 1 is 1.38 bits per heavy atom. The number of halogens is 1. The monoisotopic (exact) mass is 328 g/mol. The standard InChI is InChI=1S/C11H13ClN6O2S/c1-11(3-6-21(19,20)7-11)17-9-14-8(12)15-10(16-9)18-5-2-4-13-18/h2,4-5H,3,6-7H2,1H3,(H,14,15,16,17). The largest absolute Gasteiger partial charge is 0.348 e. The zero-order chi connectivity index (χ0) is 15.1. The van der Waals surface area contributed by atoms with Gasteiger partial charge in [0, 0.05) is 12.4 Å². The molecule has 1 atom stereocenters. The second-order valence-electron chi connectivity index (χ2n) is 5.21. The van der Waals surface area contributed by atoms with Gasteiger partial charge in [-0.15, -0.1) is 0 Å². The highest BCUT2D eigenvalue weighted by Crippen LogP contribution is 2.26. The maximum atomic E-state index is 11.6. The van der Waals surface area contributed by atoms with Crippen molar-refractivity contribution in [3.05, 3.63) is 23.7 Å². The van der Waals surface area contributed by atoms with E-state index < -0.39 is 15.4 Å². The fraction of sp³-hybridized carbons (Fsp3) is 0.455. The topological polar surface area (TPSA) is 103 Å². The van der Waals surface area contributed by atoms with Gasteiger partial charge in [-0.2, -0.15) is 20.1 Å². The van der Waals surface area contributed by atoms with Crippen LogP contribution in [0.1, 0.15) is 13.3 Å². The summed E-state index contributed by atoms with van der Waals surface area (Å²) in [6.07, 6.45) is 3.77. The smallest absolute Gasteiger partial charge is 0.256 e. The van der Waals surface area contributed by atoms with Gasteiger partial charge in [0.1, 0.15) is 0 Å². The molecule has 21 heavy (non-hydrogen) atoms. The van der Waals surface area contributed by atoms with E-state index in [4.69, 9.17) is 11.6 Å². The van der Waals surface area contributed by atoms with Crippen molar-refractivity contribution in [2.45, 2.75) is 18.9 Å². The average molecular weight is 329 g/mol. The minimum atomic E-state index is -3.02. The van der Waals surface area contributed by atoms with Crippen LogP contribution in [-0.2, 0) is 9.84 Å². The molecule has 0 spiro atoms. The molecule has 0 radical (unpaired) electrons. The number of hydrogen-bond donors (Lipinski definition) is 1. The van der Waals surface area contributed by atoms with Crippen LogP contribution in [0.3, 0.4) is 0 Å². The minimum Gasteiger partial charge on any atom is -0.348 e. The SMILES string of the molecule is CC1(Nc2nc(Cl)nc(-n3cccn3)n2)CCS(=O)(=O)C1. The van der Waals surface area contributed by atoms with Crippen LogP contribution in [0.2, 0.25) is 5.28 Å². The summed E-state index contributed by atoms with van der Waals surface area (Å²) in [6.45, 7) is 1.82. The Balaban J connectivity index is 1.90. The Hall–Kier alpha value is -1.74. The third-order valence-electron chi connectivity index (χ3n) is 3.22. The van der Waals surface area contributed by atoms with Gasteiger partial charge in [0.15, 0.2) is 9.84 Å². The molecule has 1 saturated heterocycles. The van der Waals surface area contributed by atoms with Gasteiger partial charge >= 0.3 is 0 Å². The maximum absolute atomic E-state index is 11.6. The number of nitrogens with one attached hydrogen (secondary N) is 1. The van der Waals surface area contributed by atoms with E-state index in [0.717, 1.165) is 0 Å². The molecular weight excluding hydrogens is 316 g/mol. The molecule has 1 aliphatic rings. The summed E-state index contributed by atoms with van der Waals surface area (Å²) in [5, 5.41) is 7.09. The Labute approximate surface area is 126 Å². The normalized spacial score (nSPS) is 24.1. The van der Waals surface area contributed by atoms with Gasteiger partial charge in [-0.1, -0.05) is 0 Å². The van der Waals surface area contributed by atoms with E-state index in [1.54, 1.807) is 18.5 Å². The van der Waals surface area contributed by atoms with Gasteiger partial charge in [0.05, 0.1) is 17.0 Å². The molecule has 0 amide bonds. The van der Waals surface area contributed by atoms with Crippen LogP contribution in [0.25, 0.3) is 5.95 Å². The molecule has 0 bridgehead atoms. The number of nitrogens with zero attached hydrogens (tertiary/aromatic N) is 5. The second kappa shape index (κ2) is 4.92. The molecule has 0 aromatic carbocycles. The van der Waals surface area contributed by atoms with E-state index in [0.29, 0.717) is 6.42 Å². The highest BCUT2D eigenvalue weighted by Gasteiger charge is 2.39. The number of anilines is 1. The Kier molecular flexibility index (Phi) is 3.33. The summed E-state index contributed by atoms with van der Waals surface area (Å²) >= 11 is 5.89. The molecule has 112 valence electrons. The van der Waals surface area contributed by atoms with Crippen molar-refractivity contribution in [3.8, 4) is 5.95 Å². The van der Waals surface area contributed by atoms with Crippen LogP contribution in [0, 0.1) is 0 Å². The molecule has 1 aliphatic heterocycles. The van der Waals surface area contributed by atoms with Crippen LogP contribution in [-0.4, -0.2) is 50.2 Å². The lowest BCUT2D eigenvalue weighted by atomic mass is 10.0. The van der Waals surface area contributed by atoms with E-state index >= 15 is 0 Å². The van der Waals surface area contributed by atoms with Gasteiger partial charge < -0.3 is 5.32 Å². The van der Waals surface area contributed by atoms with E-state index in [2.05, 4.69) is 25.4 Å². The summed E-state index contributed by atoms with van der Waals surface area (Å²) in [6, 6.07) is 1.73. The molecule has 10 heteroatoms. The Morgan fingerprint density at radius 3 is 2.81 bits per heavy atom. The minimum absolute atomic E-state index is 0.0162. The first kappa shape index (κ1) is 14.2. The first-order valence-electron chi connectivity index (χ1n) is 6.26. The van der Waals surface area contributed by atoms with Crippen molar-refractivity contribution in [1.29, 1.82) is 0 Å². The first-order chi connectivity index (χ1) is 9.85. The van der Waals surface area contributed by atoms with Crippen LogP contribution in [0.5, 0.6) is 0 Å². The van der Waals surface area contributed by atoms with Crippen molar-refractivity contribution in [1.82, 2.24) is 24.7 Å². The number of sulfone groups is 1. The van der Waals surface area contributed by atoms with Crippen LogP contribution in [0.15, 0.2) is 18.5 Å². The fourth-order valence-corrected chi connectivity index (χ4v) is 4.51. The summed E-state index contributed by atoms with van der Waals surface area (Å²) in [4.78, 5) is 12.2. The molecular formula is C11H13ClN6O2S. The van der Waals surface area contributed by atoms with Gasteiger partial charge in [-0.3, -0.25) is 0 Å². The summed E-state index contributed by atoms with van der Waals surface area (Å²) < 4.78 is 24.7. The van der Waals surface area contributed by atoms with E-state index in [1.165, 1.54) is 4.68 Å². The molecule has 3 heterocycles. The molecule has 1 fully saturated rings. The zero-order valence-electron chi connectivity index (χ0n) is 11.2. The molecule has 0 aliphatic carbocycles. The predicted octanol–water partition coefficient (Wildman–Crippen LogP) is 0.700. The van der Waals surface area contributed by atoms with Gasteiger partial charge in [0.25, 0.3) is 5.95 Å². The second-order valence-corrected chi connectivity index (χ2v) is 7.73. The van der Waals surface area contributed by atoms with E-state index in [1.807, 2.05) is 6.92 Å². The summed E-state index contributed by atoms with van der Waals surface area (Å²) in [7, 11) is -3.02. The van der Waals surface area contributed by atoms with Crippen molar-refractivity contribution < 1.29 is 8.42 Å². The molecule has 2 aromatic heterocycles. The van der Waals surface area contributed by atoms with Crippen LogP contribution >= 0.6 is 11.6 Å². The molecule has 8 nitrogen and oxygen atoms in total. The Morgan fingerprint density at radius 2 is 2.19 bits per heavy atom. The maximum Gasteiger partial charge on any atom is 0.256 e. The number of aromatic nitrogens is 5.